The molecule has 0 unspecified atom stereocenters. The molecule has 5 rings (SSSR count). The fourth-order valence-electron chi connectivity index (χ4n) is 4.70. The summed E-state index contributed by atoms with van der Waals surface area (Å²) in [7, 11) is 0. The first-order valence-corrected chi connectivity index (χ1v) is 9.27. The van der Waals surface area contributed by atoms with Crippen molar-refractivity contribution in [2.24, 2.45) is 5.41 Å². The molecule has 3 aliphatic carbocycles. The number of halogens is 3. The molecule has 0 heterocycles. The minimum Gasteiger partial charge on any atom is -0.507 e. The molecule has 2 bridgehead atoms. The lowest BCUT2D eigenvalue weighted by atomic mass is 9.58. The van der Waals surface area contributed by atoms with Crippen LogP contribution in [-0.4, -0.2) is 10.6 Å². The Bertz CT molecular complexity index is 818. The molecule has 2 N–H and O–H groups in total. The molecular weight excluding hydrogens is 339 g/mol. The SMILES string of the molecule is CC12CCC(NCc3ccc4c(C(F)(F)F)c(O)ccc4c3)(CC1)CC2. The second-order valence-corrected chi connectivity index (χ2v) is 8.46. The molecule has 3 saturated carbocycles. The van der Waals surface area contributed by atoms with Crippen LogP contribution in [0.15, 0.2) is 30.3 Å². The molecule has 0 aliphatic heterocycles. The van der Waals surface area contributed by atoms with Crippen LogP contribution in [0.3, 0.4) is 0 Å². The third-order valence-corrected chi connectivity index (χ3v) is 6.63. The summed E-state index contributed by atoms with van der Waals surface area (Å²) in [6, 6.07) is 7.68. The smallest absolute Gasteiger partial charge is 0.420 e. The maximum atomic E-state index is 13.2. The van der Waals surface area contributed by atoms with Crippen molar-refractivity contribution in [1.82, 2.24) is 5.32 Å². The summed E-state index contributed by atoms with van der Waals surface area (Å²) in [5, 5.41) is 13.9. The standard InChI is InChI=1S/C21H24F3NO/c1-19-6-9-20(10-7-19,11-8-19)25-13-14-2-4-16-15(12-14)3-5-17(26)18(16)21(22,23)24/h2-5,12,25-26H,6-11,13H2,1H3. The highest BCUT2D eigenvalue weighted by atomic mass is 19.4. The zero-order valence-electron chi connectivity index (χ0n) is 14.9. The first kappa shape index (κ1) is 17.7. The van der Waals surface area contributed by atoms with Crippen molar-refractivity contribution in [2.75, 3.05) is 0 Å². The molecule has 0 saturated heterocycles. The van der Waals surface area contributed by atoms with Gasteiger partial charge in [-0.1, -0.05) is 25.1 Å². The minimum absolute atomic E-state index is 0.0468. The van der Waals surface area contributed by atoms with Crippen LogP contribution in [-0.2, 0) is 12.7 Å². The topological polar surface area (TPSA) is 32.3 Å². The van der Waals surface area contributed by atoms with Crippen LogP contribution in [0.1, 0.15) is 56.6 Å². The van der Waals surface area contributed by atoms with Gasteiger partial charge in [0, 0.05) is 12.1 Å². The Morgan fingerprint density at radius 1 is 1.00 bits per heavy atom. The van der Waals surface area contributed by atoms with Crippen LogP contribution in [0.2, 0.25) is 0 Å². The second-order valence-electron chi connectivity index (χ2n) is 8.46. The molecule has 0 amide bonds. The van der Waals surface area contributed by atoms with Gasteiger partial charge < -0.3 is 10.4 Å². The number of aromatic hydroxyl groups is 1. The summed E-state index contributed by atoms with van der Waals surface area (Å²) < 4.78 is 39.7. The largest absolute Gasteiger partial charge is 0.507 e. The zero-order chi connectivity index (χ0) is 18.6. The van der Waals surface area contributed by atoms with Gasteiger partial charge in [0.2, 0.25) is 0 Å². The number of benzene rings is 2. The van der Waals surface area contributed by atoms with Crippen molar-refractivity contribution in [1.29, 1.82) is 0 Å². The Morgan fingerprint density at radius 2 is 1.65 bits per heavy atom. The van der Waals surface area contributed by atoms with E-state index in [2.05, 4.69) is 12.2 Å². The van der Waals surface area contributed by atoms with Gasteiger partial charge in [0.15, 0.2) is 0 Å². The van der Waals surface area contributed by atoms with Gasteiger partial charge in [0.1, 0.15) is 11.3 Å². The van der Waals surface area contributed by atoms with Crippen molar-refractivity contribution >= 4 is 10.8 Å². The fraction of sp³-hybridized carbons (Fsp3) is 0.524. The van der Waals surface area contributed by atoms with E-state index < -0.39 is 17.5 Å². The Morgan fingerprint density at radius 3 is 2.27 bits per heavy atom. The van der Waals surface area contributed by atoms with Crippen LogP contribution < -0.4 is 5.32 Å². The first-order valence-electron chi connectivity index (χ1n) is 9.27. The maximum absolute atomic E-state index is 13.2. The highest BCUT2D eigenvalue weighted by Crippen LogP contribution is 2.52. The van der Waals surface area contributed by atoms with E-state index in [4.69, 9.17) is 0 Å². The van der Waals surface area contributed by atoms with E-state index in [0.29, 0.717) is 17.3 Å². The van der Waals surface area contributed by atoms with Crippen LogP contribution in [0.4, 0.5) is 13.2 Å². The van der Waals surface area contributed by atoms with E-state index in [1.807, 2.05) is 0 Å². The lowest BCUT2D eigenvalue weighted by molar-refractivity contribution is -0.137. The fourth-order valence-corrected chi connectivity index (χ4v) is 4.70. The molecule has 140 valence electrons. The van der Waals surface area contributed by atoms with Gasteiger partial charge in [-0.25, -0.2) is 0 Å². The normalized spacial score (nSPS) is 28.6. The summed E-state index contributed by atoms with van der Waals surface area (Å²) in [6.45, 7) is 3.04. The molecule has 3 fully saturated rings. The summed E-state index contributed by atoms with van der Waals surface area (Å²) >= 11 is 0. The summed E-state index contributed by atoms with van der Waals surface area (Å²) in [6.07, 6.45) is 2.75. The number of hydrogen-bond acceptors (Lipinski definition) is 2. The Kier molecular flexibility index (Phi) is 3.99. The van der Waals surface area contributed by atoms with Crippen LogP contribution >= 0.6 is 0 Å². The maximum Gasteiger partial charge on any atom is 0.420 e. The Hall–Kier alpha value is -1.75. The molecule has 0 atom stereocenters. The quantitative estimate of drug-likeness (QED) is 0.726. The zero-order valence-corrected chi connectivity index (χ0v) is 14.9. The van der Waals surface area contributed by atoms with Crippen molar-refractivity contribution in [3.63, 3.8) is 0 Å². The molecular formula is C21H24F3NO. The molecule has 0 radical (unpaired) electrons. The van der Waals surface area contributed by atoms with Crippen molar-refractivity contribution < 1.29 is 18.3 Å². The van der Waals surface area contributed by atoms with Crippen LogP contribution in [0.5, 0.6) is 5.75 Å². The number of hydrogen-bond donors (Lipinski definition) is 2. The summed E-state index contributed by atoms with van der Waals surface area (Å²) in [5.41, 5.74) is 0.734. The molecule has 0 aromatic heterocycles. The number of nitrogens with one attached hydrogen (secondary N) is 1. The molecule has 2 aromatic carbocycles. The van der Waals surface area contributed by atoms with Gasteiger partial charge in [-0.3, -0.25) is 0 Å². The number of phenols is 1. The molecule has 2 nitrogen and oxygen atoms in total. The summed E-state index contributed by atoms with van der Waals surface area (Å²) in [5.74, 6) is -0.720. The summed E-state index contributed by atoms with van der Waals surface area (Å²) in [4.78, 5) is 0. The van der Waals surface area contributed by atoms with Gasteiger partial charge in [0.25, 0.3) is 0 Å². The van der Waals surface area contributed by atoms with Gasteiger partial charge in [0.05, 0.1) is 0 Å². The Balaban J connectivity index is 1.56. The van der Waals surface area contributed by atoms with Gasteiger partial charge in [-0.15, -0.1) is 0 Å². The molecule has 26 heavy (non-hydrogen) atoms. The average Bonchev–Trinajstić information content (AvgIpc) is 2.60. The highest BCUT2D eigenvalue weighted by Gasteiger charge is 2.45. The number of rotatable bonds is 3. The van der Waals surface area contributed by atoms with E-state index in [1.165, 1.54) is 44.6 Å². The number of phenolic OH excluding ortho intramolecular Hbond substituents is 1. The molecule has 2 aromatic rings. The van der Waals surface area contributed by atoms with E-state index in [1.54, 1.807) is 18.2 Å². The number of fused-ring (bicyclic) bond motifs is 4. The Labute approximate surface area is 151 Å². The van der Waals surface area contributed by atoms with E-state index in [9.17, 15) is 18.3 Å². The van der Waals surface area contributed by atoms with E-state index in [-0.39, 0.29) is 10.9 Å². The van der Waals surface area contributed by atoms with E-state index in [0.717, 1.165) is 11.6 Å². The lowest BCUT2D eigenvalue weighted by Crippen LogP contribution is -2.53. The van der Waals surface area contributed by atoms with Gasteiger partial charge >= 0.3 is 6.18 Å². The van der Waals surface area contributed by atoms with Crippen molar-refractivity contribution in [3.05, 3.63) is 41.5 Å². The van der Waals surface area contributed by atoms with Crippen LogP contribution in [0.25, 0.3) is 10.8 Å². The van der Waals surface area contributed by atoms with Gasteiger partial charge in [-0.05, 0) is 72.4 Å². The van der Waals surface area contributed by atoms with Gasteiger partial charge in [-0.2, -0.15) is 13.2 Å². The monoisotopic (exact) mass is 363 g/mol. The third-order valence-electron chi connectivity index (χ3n) is 6.63. The third kappa shape index (κ3) is 3.07. The van der Waals surface area contributed by atoms with Crippen molar-refractivity contribution in [2.45, 2.75) is 63.7 Å². The minimum atomic E-state index is -4.57. The number of alkyl halides is 3. The highest BCUT2D eigenvalue weighted by molar-refractivity contribution is 5.88. The molecule has 5 heteroatoms. The predicted molar refractivity (Wildman–Crippen MR) is 96.0 cm³/mol. The average molecular weight is 363 g/mol. The first-order chi connectivity index (χ1) is 12.2. The lowest BCUT2D eigenvalue weighted by Gasteiger charge is -2.52. The predicted octanol–water partition coefficient (Wildman–Crippen LogP) is 5.77. The van der Waals surface area contributed by atoms with Crippen molar-refractivity contribution in [3.8, 4) is 5.75 Å². The van der Waals surface area contributed by atoms with E-state index >= 15 is 0 Å². The second kappa shape index (κ2) is 5.88. The van der Waals surface area contributed by atoms with Crippen LogP contribution in [0, 0.1) is 5.41 Å². The molecule has 3 aliphatic rings. The molecule has 0 spiro atoms.